The molecule has 2 heterocycles. The normalized spacial score (nSPS) is 10.7. The van der Waals surface area contributed by atoms with Crippen LogP contribution in [0.4, 0.5) is 5.00 Å². The van der Waals surface area contributed by atoms with Gasteiger partial charge in [0.15, 0.2) is 5.82 Å². The van der Waals surface area contributed by atoms with Crippen molar-refractivity contribution >= 4 is 16.3 Å². The Labute approximate surface area is 120 Å². The van der Waals surface area contributed by atoms with Gasteiger partial charge in [-0.3, -0.25) is 0 Å². The van der Waals surface area contributed by atoms with Crippen molar-refractivity contribution in [3.8, 4) is 17.2 Å². The number of rotatable bonds is 4. The molecule has 102 valence electrons. The van der Waals surface area contributed by atoms with Crippen LogP contribution in [0.3, 0.4) is 0 Å². The zero-order chi connectivity index (χ0) is 13.9. The summed E-state index contributed by atoms with van der Waals surface area (Å²) in [5.41, 5.74) is 7.65. The van der Waals surface area contributed by atoms with Crippen LogP contribution < -0.4 is 10.5 Å². The Morgan fingerprint density at radius 2 is 2.15 bits per heavy atom. The van der Waals surface area contributed by atoms with Gasteiger partial charge >= 0.3 is 0 Å². The lowest BCUT2D eigenvalue weighted by molar-refractivity contribution is 0.408. The molecule has 0 saturated carbocycles. The van der Waals surface area contributed by atoms with Crippen LogP contribution in [0, 0.1) is 0 Å². The molecule has 3 rings (SSSR count). The Morgan fingerprint density at radius 3 is 2.90 bits per heavy atom. The summed E-state index contributed by atoms with van der Waals surface area (Å²) in [6.45, 7) is 0. The van der Waals surface area contributed by atoms with Crippen LogP contribution >= 0.6 is 11.3 Å². The fraction of sp³-hybridized carbons (Fsp3) is 0.143. The fourth-order valence-electron chi connectivity index (χ4n) is 1.95. The standard InChI is InChI=1S/C14H13N3O2S/c1-18-11-5-3-2-4-9(11)8-12-16-14(19-17-12)10-6-7-20-13(10)15/h2-7H,8,15H2,1H3. The number of thiophene rings is 1. The zero-order valence-electron chi connectivity index (χ0n) is 10.9. The average Bonchev–Trinajstić information content (AvgIpc) is 3.08. The molecule has 0 unspecified atom stereocenters. The number of aromatic nitrogens is 2. The van der Waals surface area contributed by atoms with Crippen LogP contribution in [0.5, 0.6) is 5.75 Å². The summed E-state index contributed by atoms with van der Waals surface area (Å²) >= 11 is 1.45. The highest BCUT2D eigenvalue weighted by Crippen LogP contribution is 2.29. The van der Waals surface area contributed by atoms with E-state index in [1.807, 2.05) is 35.7 Å². The molecule has 2 N–H and O–H groups in total. The maximum atomic E-state index is 5.85. The Hall–Kier alpha value is -2.34. The number of anilines is 1. The molecule has 0 amide bonds. The van der Waals surface area contributed by atoms with Crippen LogP contribution in [-0.4, -0.2) is 17.3 Å². The van der Waals surface area contributed by atoms with Gasteiger partial charge in [-0.2, -0.15) is 4.98 Å². The molecule has 1 aromatic carbocycles. The number of methoxy groups -OCH3 is 1. The van der Waals surface area contributed by atoms with Crippen molar-refractivity contribution in [1.82, 2.24) is 10.1 Å². The number of nitrogens with two attached hydrogens (primary N) is 1. The molecule has 0 aliphatic heterocycles. The first-order chi connectivity index (χ1) is 9.78. The van der Waals surface area contributed by atoms with E-state index < -0.39 is 0 Å². The Bertz CT molecular complexity index is 721. The third-order valence-corrected chi connectivity index (χ3v) is 3.68. The summed E-state index contributed by atoms with van der Waals surface area (Å²) in [6.07, 6.45) is 0.553. The monoisotopic (exact) mass is 287 g/mol. The van der Waals surface area contributed by atoms with Crippen LogP contribution in [0.1, 0.15) is 11.4 Å². The molecular weight excluding hydrogens is 274 g/mol. The van der Waals surface area contributed by atoms with Crippen molar-refractivity contribution in [3.63, 3.8) is 0 Å². The molecule has 0 radical (unpaired) electrons. The molecule has 0 fully saturated rings. The quantitative estimate of drug-likeness (QED) is 0.798. The van der Waals surface area contributed by atoms with E-state index in [9.17, 15) is 0 Å². The molecule has 5 nitrogen and oxygen atoms in total. The highest BCUT2D eigenvalue weighted by Gasteiger charge is 2.14. The molecule has 6 heteroatoms. The van der Waals surface area contributed by atoms with Crippen molar-refractivity contribution in [2.75, 3.05) is 12.8 Å². The molecule has 0 atom stereocenters. The smallest absolute Gasteiger partial charge is 0.260 e. The Balaban J connectivity index is 1.86. The molecular formula is C14H13N3O2S. The van der Waals surface area contributed by atoms with Gasteiger partial charge in [-0.05, 0) is 17.5 Å². The second-order valence-electron chi connectivity index (χ2n) is 4.20. The summed E-state index contributed by atoms with van der Waals surface area (Å²) in [5.74, 6) is 1.87. The van der Waals surface area contributed by atoms with Gasteiger partial charge in [-0.1, -0.05) is 23.4 Å². The maximum Gasteiger partial charge on any atom is 0.260 e. The van der Waals surface area contributed by atoms with Crippen LogP contribution in [0.15, 0.2) is 40.2 Å². The number of ether oxygens (including phenoxy) is 1. The molecule has 20 heavy (non-hydrogen) atoms. The molecule has 2 aromatic heterocycles. The van der Waals surface area contributed by atoms with Gasteiger partial charge in [-0.15, -0.1) is 11.3 Å². The zero-order valence-corrected chi connectivity index (χ0v) is 11.7. The number of hydrogen-bond donors (Lipinski definition) is 1. The number of nitrogens with zero attached hydrogens (tertiary/aromatic N) is 2. The number of benzene rings is 1. The molecule has 3 aromatic rings. The van der Waals surface area contributed by atoms with E-state index in [-0.39, 0.29) is 0 Å². The van der Waals surface area contributed by atoms with Crippen molar-refractivity contribution < 1.29 is 9.26 Å². The fourth-order valence-corrected chi connectivity index (χ4v) is 2.59. The van der Waals surface area contributed by atoms with Gasteiger partial charge in [0.1, 0.15) is 5.75 Å². The lowest BCUT2D eigenvalue weighted by Crippen LogP contribution is -1.95. The van der Waals surface area contributed by atoms with Crippen molar-refractivity contribution in [2.24, 2.45) is 0 Å². The summed E-state index contributed by atoms with van der Waals surface area (Å²) in [6, 6.07) is 9.65. The van der Waals surface area contributed by atoms with E-state index in [2.05, 4.69) is 10.1 Å². The lowest BCUT2D eigenvalue weighted by atomic mass is 10.1. The number of para-hydroxylation sites is 1. The minimum atomic E-state index is 0.452. The van der Waals surface area contributed by atoms with E-state index in [1.165, 1.54) is 11.3 Å². The van der Waals surface area contributed by atoms with E-state index in [4.69, 9.17) is 15.0 Å². The van der Waals surface area contributed by atoms with E-state index in [0.717, 1.165) is 16.9 Å². The van der Waals surface area contributed by atoms with Crippen LogP contribution in [0.25, 0.3) is 11.5 Å². The van der Waals surface area contributed by atoms with Crippen LogP contribution in [-0.2, 0) is 6.42 Å². The molecule has 0 bridgehead atoms. The van der Waals surface area contributed by atoms with Crippen molar-refractivity contribution in [1.29, 1.82) is 0 Å². The minimum Gasteiger partial charge on any atom is -0.496 e. The summed E-state index contributed by atoms with van der Waals surface area (Å²) < 4.78 is 10.6. The summed E-state index contributed by atoms with van der Waals surface area (Å²) in [5, 5.41) is 6.57. The third-order valence-electron chi connectivity index (χ3n) is 2.93. The van der Waals surface area contributed by atoms with Gasteiger partial charge in [0, 0.05) is 12.0 Å². The van der Waals surface area contributed by atoms with Crippen molar-refractivity contribution in [2.45, 2.75) is 6.42 Å². The largest absolute Gasteiger partial charge is 0.496 e. The first-order valence-corrected chi connectivity index (χ1v) is 6.93. The number of hydrogen-bond acceptors (Lipinski definition) is 6. The first kappa shape index (κ1) is 12.7. The minimum absolute atomic E-state index is 0.452. The highest BCUT2D eigenvalue weighted by atomic mass is 32.1. The van der Waals surface area contributed by atoms with Gasteiger partial charge in [0.25, 0.3) is 5.89 Å². The third kappa shape index (κ3) is 2.37. The Morgan fingerprint density at radius 1 is 1.30 bits per heavy atom. The summed E-state index contributed by atoms with van der Waals surface area (Å²) in [4.78, 5) is 4.38. The van der Waals surface area contributed by atoms with Gasteiger partial charge < -0.3 is 15.0 Å². The van der Waals surface area contributed by atoms with E-state index >= 15 is 0 Å². The number of nitrogen functional groups attached to an aromatic ring is 1. The molecule has 0 spiro atoms. The highest BCUT2D eigenvalue weighted by molar-refractivity contribution is 7.14. The second kappa shape index (κ2) is 5.34. The predicted molar refractivity (Wildman–Crippen MR) is 77.8 cm³/mol. The predicted octanol–water partition coefficient (Wildman–Crippen LogP) is 2.98. The van der Waals surface area contributed by atoms with Gasteiger partial charge in [0.2, 0.25) is 0 Å². The molecule has 0 aliphatic rings. The SMILES string of the molecule is COc1ccccc1Cc1noc(-c2ccsc2N)n1. The molecule has 0 saturated heterocycles. The summed E-state index contributed by atoms with van der Waals surface area (Å²) in [7, 11) is 1.65. The van der Waals surface area contributed by atoms with E-state index in [0.29, 0.717) is 23.1 Å². The van der Waals surface area contributed by atoms with Crippen molar-refractivity contribution in [3.05, 3.63) is 47.1 Å². The van der Waals surface area contributed by atoms with E-state index in [1.54, 1.807) is 7.11 Å². The maximum absolute atomic E-state index is 5.85. The van der Waals surface area contributed by atoms with Gasteiger partial charge in [-0.25, -0.2) is 0 Å². The first-order valence-electron chi connectivity index (χ1n) is 6.05. The topological polar surface area (TPSA) is 74.2 Å². The Kier molecular flexibility index (Phi) is 3.39. The van der Waals surface area contributed by atoms with Gasteiger partial charge in [0.05, 0.1) is 17.7 Å². The average molecular weight is 287 g/mol. The molecule has 0 aliphatic carbocycles. The second-order valence-corrected chi connectivity index (χ2v) is 5.15. The van der Waals surface area contributed by atoms with Crippen LogP contribution in [0.2, 0.25) is 0 Å². The lowest BCUT2D eigenvalue weighted by Gasteiger charge is -2.04.